The van der Waals surface area contributed by atoms with E-state index in [0.29, 0.717) is 29.1 Å². The Bertz CT molecular complexity index is 1870. The Morgan fingerprint density at radius 1 is 1.12 bits per heavy atom. The number of anilines is 1. The molecular weight excluding hydrogens is 604 g/mol. The Kier molecular flexibility index (Phi) is 7.88. The average molecular weight is 624 g/mol. The van der Waals surface area contributed by atoms with E-state index in [1.54, 1.807) is 11.6 Å². The van der Waals surface area contributed by atoms with Crippen molar-refractivity contribution in [1.29, 1.82) is 0 Å². The number of fused-ring (bicyclic) bond motifs is 1. The van der Waals surface area contributed by atoms with Gasteiger partial charge < -0.3 is 20.2 Å². The summed E-state index contributed by atoms with van der Waals surface area (Å²) in [5.41, 5.74) is 6.17. The number of primary amides is 1. The minimum atomic E-state index is -2.95. The number of ether oxygens (including phenoxy) is 1. The lowest BCUT2D eigenvalue weighted by Gasteiger charge is -2.10. The predicted octanol–water partition coefficient (Wildman–Crippen LogP) is 6.51. The topological polar surface area (TPSA) is 125 Å². The SMILES string of the molecule is CCn1ncc(-c2cc(C(F)F)nc3sc(C(N)=O)c(NC(=O)c4ccc(COc5c(F)c(F)cc(F)c5F)o4)c23)c1C. The van der Waals surface area contributed by atoms with Crippen LogP contribution in [-0.2, 0) is 13.2 Å². The molecule has 5 rings (SSSR count). The third-order valence-electron chi connectivity index (χ3n) is 6.38. The predicted molar refractivity (Wildman–Crippen MR) is 142 cm³/mol. The molecule has 3 N–H and O–H groups in total. The van der Waals surface area contributed by atoms with Gasteiger partial charge in [-0.25, -0.2) is 22.5 Å². The van der Waals surface area contributed by atoms with Crippen LogP contribution >= 0.6 is 11.3 Å². The molecule has 0 aliphatic carbocycles. The number of aromatic nitrogens is 3. The number of amides is 2. The van der Waals surface area contributed by atoms with Gasteiger partial charge in [0.05, 0.1) is 11.9 Å². The first-order valence-corrected chi connectivity index (χ1v) is 13.2. The van der Waals surface area contributed by atoms with Gasteiger partial charge in [0.25, 0.3) is 18.2 Å². The van der Waals surface area contributed by atoms with Crippen molar-refractivity contribution in [2.24, 2.45) is 5.73 Å². The van der Waals surface area contributed by atoms with E-state index in [4.69, 9.17) is 14.9 Å². The maximum atomic E-state index is 13.9. The van der Waals surface area contributed by atoms with Crippen molar-refractivity contribution < 1.29 is 45.1 Å². The number of aryl methyl sites for hydroxylation is 1. The van der Waals surface area contributed by atoms with E-state index in [1.165, 1.54) is 12.3 Å². The van der Waals surface area contributed by atoms with Gasteiger partial charge in [0.1, 0.15) is 27.8 Å². The number of pyridine rings is 1. The number of hydrogen-bond donors (Lipinski definition) is 2. The van der Waals surface area contributed by atoms with Crippen molar-refractivity contribution in [2.45, 2.75) is 33.4 Å². The number of alkyl halides is 2. The zero-order chi connectivity index (χ0) is 31.2. The van der Waals surface area contributed by atoms with Gasteiger partial charge in [0, 0.05) is 29.3 Å². The molecule has 5 aromatic rings. The molecule has 0 fully saturated rings. The summed E-state index contributed by atoms with van der Waals surface area (Å²) >= 11 is 0.700. The number of carbonyl (C=O) groups excluding carboxylic acids is 2. The lowest BCUT2D eigenvalue weighted by Crippen LogP contribution is -2.16. The highest BCUT2D eigenvalue weighted by Gasteiger charge is 2.27. The highest BCUT2D eigenvalue weighted by atomic mass is 32.1. The summed E-state index contributed by atoms with van der Waals surface area (Å²) in [4.78, 5) is 29.3. The van der Waals surface area contributed by atoms with E-state index < -0.39 is 59.6 Å². The van der Waals surface area contributed by atoms with Gasteiger partial charge in [-0.3, -0.25) is 14.3 Å². The van der Waals surface area contributed by atoms with Crippen LogP contribution in [0.1, 0.15) is 50.7 Å². The van der Waals surface area contributed by atoms with Crippen LogP contribution in [0.15, 0.2) is 34.9 Å². The first kappa shape index (κ1) is 29.6. The number of nitrogens with two attached hydrogens (primary N) is 1. The molecule has 0 saturated heterocycles. The Morgan fingerprint density at radius 3 is 2.42 bits per heavy atom. The molecule has 0 aliphatic rings. The number of furan rings is 1. The number of rotatable bonds is 9. The van der Waals surface area contributed by atoms with Gasteiger partial charge >= 0.3 is 0 Å². The molecule has 2 amide bonds. The van der Waals surface area contributed by atoms with Gasteiger partial charge in [0.15, 0.2) is 23.1 Å². The number of carbonyl (C=O) groups is 2. The van der Waals surface area contributed by atoms with Crippen molar-refractivity contribution in [3.8, 4) is 16.9 Å². The molecule has 16 heteroatoms. The molecule has 9 nitrogen and oxygen atoms in total. The summed E-state index contributed by atoms with van der Waals surface area (Å²) in [5, 5.41) is 6.92. The zero-order valence-electron chi connectivity index (χ0n) is 22.1. The number of halogens is 6. The van der Waals surface area contributed by atoms with Gasteiger partial charge in [-0.1, -0.05) is 0 Å². The summed E-state index contributed by atoms with van der Waals surface area (Å²) in [6.07, 6.45) is -1.48. The number of benzene rings is 1. The molecule has 0 spiro atoms. The van der Waals surface area contributed by atoms with E-state index in [2.05, 4.69) is 15.4 Å². The van der Waals surface area contributed by atoms with Crippen LogP contribution in [0.5, 0.6) is 5.75 Å². The molecule has 4 heterocycles. The van der Waals surface area contributed by atoms with Crippen LogP contribution in [-0.4, -0.2) is 26.6 Å². The monoisotopic (exact) mass is 623 g/mol. The van der Waals surface area contributed by atoms with E-state index in [1.807, 2.05) is 6.92 Å². The number of hydrogen-bond acceptors (Lipinski definition) is 7. The second kappa shape index (κ2) is 11.4. The van der Waals surface area contributed by atoms with Crippen molar-refractivity contribution >= 4 is 39.1 Å². The summed E-state index contributed by atoms with van der Waals surface area (Å²) in [5.74, 6) is -10.6. The summed E-state index contributed by atoms with van der Waals surface area (Å²) < 4.78 is 94.1. The molecule has 4 aromatic heterocycles. The number of thiophene rings is 1. The lowest BCUT2D eigenvalue weighted by molar-refractivity contribution is 0.0992. The third kappa shape index (κ3) is 5.40. The average Bonchev–Trinajstić information content (AvgIpc) is 3.68. The zero-order valence-corrected chi connectivity index (χ0v) is 22.9. The molecule has 0 aliphatic heterocycles. The van der Waals surface area contributed by atoms with Crippen LogP contribution in [0.25, 0.3) is 21.3 Å². The molecule has 43 heavy (non-hydrogen) atoms. The standard InChI is InChI=1S/C27H19F6N5O4S/c1-3-38-10(2)13(8-35-38)12-6-16(24(32)33)36-27-18(12)21(23(43-27)25(34)39)37-26(40)17-5-4-11(42-17)9-41-22-19(30)14(28)7-15(29)20(22)31/h4-8,24H,3,9H2,1-2H3,(H2,34,39)(H,37,40). The van der Waals surface area contributed by atoms with Crippen molar-refractivity contribution in [1.82, 2.24) is 14.8 Å². The molecule has 0 bridgehead atoms. The van der Waals surface area contributed by atoms with Crippen LogP contribution in [0.3, 0.4) is 0 Å². The highest BCUT2D eigenvalue weighted by molar-refractivity contribution is 7.21. The largest absolute Gasteiger partial charge is 0.479 e. The Balaban J connectivity index is 1.51. The first-order valence-electron chi connectivity index (χ1n) is 12.3. The van der Waals surface area contributed by atoms with Gasteiger partial charge in [-0.2, -0.15) is 13.9 Å². The van der Waals surface area contributed by atoms with Crippen molar-refractivity contribution in [3.63, 3.8) is 0 Å². The molecule has 0 radical (unpaired) electrons. The van der Waals surface area contributed by atoms with Crippen molar-refractivity contribution in [2.75, 3.05) is 5.32 Å². The quantitative estimate of drug-likeness (QED) is 0.143. The van der Waals surface area contributed by atoms with Gasteiger partial charge in [0.2, 0.25) is 11.6 Å². The lowest BCUT2D eigenvalue weighted by atomic mass is 10.0. The second-order valence-corrected chi connectivity index (χ2v) is 10.0. The molecule has 224 valence electrons. The normalized spacial score (nSPS) is 11.5. The Hall–Kier alpha value is -4.86. The minimum absolute atomic E-state index is 0.000427. The Morgan fingerprint density at radius 2 is 1.81 bits per heavy atom. The van der Waals surface area contributed by atoms with Crippen LogP contribution in [0.4, 0.5) is 32.0 Å². The van der Waals surface area contributed by atoms with Gasteiger partial charge in [-0.05, 0) is 37.6 Å². The summed E-state index contributed by atoms with van der Waals surface area (Å²) in [6.45, 7) is 3.33. The smallest absolute Gasteiger partial charge is 0.291 e. The maximum Gasteiger partial charge on any atom is 0.291 e. The van der Waals surface area contributed by atoms with Crippen molar-refractivity contribution in [3.05, 3.63) is 81.5 Å². The fourth-order valence-electron chi connectivity index (χ4n) is 4.34. The Labute approximate surface area is 241 Å². The fourth-order valence-corrected chi connectivity index (χ4v) is 5.35. The molecular formula is C27H19F6N5O4S. The first-order chi connectivity index (χ1) is 20.4. The fraction of sp³-hybridized carbons (Fsp3) is 0.185. The minimum Gasteiger partial charge on any atom is -0.479 e. The van der Waals surface area contributed by atoms with E-state index in [9.17, 15) is 35.9 Å². The van der Waals surface area contributed by atoms with Crippen LogP contribution in [0.2, 0.25) is 0 Å². The molecule has 0 saturated carbocycles. The second-order valence-electron chi connectivity index (χ2n) is 9.01. The molecule has 0 atom stereocenters. The molecule has 0 unspecified atom stereocenters. The summed E-state index contributed by atoms with van der Waals surface area (Å²) in [7, 11) is 0. The van der Waals surface area contributed by atoms with Crippen LogP contribution < -0.4 is 15.8 Å². The summed E-state index contributed by atoms with van der Waals surface area (Å²) in [6, 6.07) is 3.52. The third-order valence-corrected chi connectivity index (χ3v) is 7.47. The van der Waals surface area contributed by atoms with E-state index in [-0.39, 0.29) is 43.9 Å². The highest BCUT2D eigenvalue weighted by Crippen LogP contribution is 2.43. The van der Waals surface area contributed by atoms with E-state index >= 15 is 0 Å². The number of nitrogens with one attached hydrogen (secondary N) is 1. The van der Waals surface area contributed by atoms with Crippen LogP contribution in [0, 0.1) is 30.2 Å². The molecule has 1 aromatic carbocycles. The van der Waals surface area contributed by atoms with E-state index in [0.717, 1.165) is 12.1 Å². The maximum absolute atomic E-state index is 13.9. The van der Waals surface area contributed by atoms with Gasteiger partial charge in [-0.15, -0.1) is 11.3 Å². The number of nitrogens with zero attached hydrogens (tertiary/aromatic N) is 3.